The van der Waals surface area contributed by atoms with Crippen molar-refractivity contribution in [3.63, 3.8) is 0 Å². The van der Waals surface area contributed by atoms with E-state index in [1.165, 1.54) is 23.1 Å². The Morgan fingerprint density at radius 1 is 1.64 bits per heavy atom. The van der Waals surface area contributed by atoms with Gasteiger partial charge in [-0.1, -0.05) is 11.6 Å². The molecule has 1 aromatic rings. The second kappa shape index (κ2) is 4.55. The molecule has 2 nitrogen and oxygen atoms in total. The molecular formula is C9H11ClO2S2. The van der Waals surface area contributed by atoms with Crippen LogP contribution in [0, 0.1) is 0 Å². The molecule has 0 saturated carbocycles. The van der Waals surface area contributed by atoms with E-state index in [9.17, 15) is 4.79 Å². The highest BCUT2D eigenvalue weighted by atomic mass is 35.5. The number of rotatable bonds is 4. The highest BCUT2D eigenvalue weighted by Gasteiger charge is 2.27. The van der Waals surface area contributed by atoms with Crippen LogP contribution in [-0.2, 0) is 10.5 Å². The summed E-state index contributed by atoms with van der Waals surface area (Å²) in [4.78, 5) is 11.9. The van der Waals surface area contributed by atoms with Crippen LogP contribution in [0.5, 0.6) is 0 Å². The molecule has 5 heteroatoms. The van der Waals surface area contributed by atoms with Gasteiger partial charge in [-0.25, -0.2) is 0 Å². The predicted molar refractivity (Wildman–Crippen MR) is 62.3 cm³/mol. The van der Waals surface area contributed by atoms with Crippen LogP contribution in [-0.4, -0.2) is 15.8 Å². The van der Waals surface area contributed by atoms with Crippen LogP contribution in [0.15, 0.2) is 12.1 Å². The molecule has 1 heterocycles. The van der Waals surface area contributed by atoms with Crippen LogP contribution in [0.3, 0.4) is 0 Å². The fourth-order valence-corrected chi connectivity index (χ4v) is 2.76. The first-order valence-corrected chi connectivity index (χ1v) is 6.21. The fourth-order valence-electron chi connectivity index (χ4n) is 0.743. The molecule has 0 unspecified atom stereocenters. The maximum atomic E-state index is 10.8. The van der Waals surface area contributed by atoms with Gasteiger partial charge in [0.05, 0.1) is 4.34 Å². The van der Waals surface area contributed by atoms with Crippen LogP contribution >= 0.6 is 34.7 Å². The number of thiophene rings is 1. The van der Waals surface area contributed by atoms with Crippen LogP contribution < -0.4 is 0 Å². The monoisotopic (exact) mass is 250 g/mol. The van der Waals surface area contributed by atoms with E-state index in [0.29, 0.717) is 5.75 Å². The van der Waals surface area contributed by atoms with E-state index >= 15 is 0 Å². The van der Waals surface area contributed by atoms with Crippen molar-refractivity contribution in [2.75, 3.05) is 0 Å². The first kappa shape index (κ1) is 11.9. The van der Waals surface area contributed by atoms with E-state index in [0.717, 1.165) is 9.21 Å². The quantitative estimate of drug-likeness (QED) is 0.889. The zero-order valence-corrected chi connectivity index (χ0v) is 10.3. The van der Waals surface area contributed by atoms with Gasteiger partial charge in [0.15, 0.2) is 0 Å². The second-order valence-electron chi connectivity index (χ2n) is 3.31. The lowest BCUT2D eigenvalue weighted by molar-refractivity contribution is -0.138. The molecular weight excluding hydrogens is 240 g/mol. The van der Waals surface area contributed by atoms with E-state index < -0.39 is 10.7 Å². The topological polar surface area (TPSA) is 37.3 Å². The Balaban J connectivity index is 2.52. The van der Waals surface area contributed by atoms with Gasteiger partial charge in [0.2, 0.25) is 0 Å². The number of carboxylic acids is 1. The van der Waals surface area contributed by atoms with Gasteiger partial charge in [0, 0.05) is 10.6 Å². The van der Waals surface area contributed by atoms with E-state index in [-0.39, 0.29) is 0 Å². The van der Waals surface area contributed by atoms with Crippen molar-refractivity contribution in [1.29, 1.82) is 0 Å². The Morgan fingerprint density at radius 2 is 2.29 bits per heavy atom. The average molecular weight is 251 g/mol. The van der Waals surface area contributed by atoms with E-state index in [2.05, 4.69) is 0 Å². The molecule has 0 atom stereocenters. The van der Waals surface area contributed by atoms with Gasteiger partial charge >= 0.3 is 5.97 Å². The Morgan fingerprint density at radius 3 is 2.71 bits per heavy atom. The molecule has 0 aromatic carbocycles. The van der Waals surface area contributed by atoms with E-state index in [1.807, 2.05) is 12.1 Å². The van der Waals surface area contributed by atoms with E-state index in [4.69, 9.17) is 16.7 Å². The van der Waals surface area contributed by atoms with Crippen LogP contribution in [0.2, 0.25) is 4.34 Å². The molecule has 1 rings (SSSR count). The van der Waals surface area contributed by atoms with Crippen molar-refractivity contribution in [2.24, 2.45) is 0 Å². The molecule has 0 aliphatic rings. The summed E-state index contributed by atoms with van der Waals surface area (Å²) in [7, 11) is 0. The maximum Gasteiger partial charge on any atom is 0.319 e. The molecule has 1 aromatic heterocycles. The van der Waals surface area contributed by atoms with Crippen LogP contribution in [0.25, 0.3) is 0 Å². The summed E-state index contributed by atoms with van der Waals surface area (Å²) >= 11 is 8.66. The number of hydrogen-bond acceptors (Lipinski definition) is 3. The van der Waals surface area contributed by atoms with Crippen LogP contribution in [0.1, 0.15) is 18.7 Å². The summed E-state index contributed by atoms with van der Waals surface area (Å²) in [5, 5.41) is 8.88. The fraction of sp³-hybridized carbons (Fsp3) is 0.444. The number of carbonyl (C=O) groups is 1. The first-order chi connectivity index (χ1) is 6.42. The zero-order chi connectivity index (χ0) is 10.8. The summed E-state index contributed by atoms with van der Waals surface area (Å²) in [6, 6.07) is 3.76. The van der Waals surface area contributed by atoms with Crippen molar-refractivity contribution in [1.82, 2.24) is 0 Å². The maximum absolute atomic E-state index is 10.8. The Bertz CT molecular complexity index is 333. The molecule has 1 N–H and O–H groups in total. The molecule has 0 fully saturated rings. The van der Waals surface area contributed by atoms with Gasteiger partial charge in [-0.3, -0.25) is 4.79 Å². The standard InChI is InChI=1S/C9H11ClO2S2/c1-9(2,8(11)12)13-5-6-3-4-7(10)14-6/h3-4H,5H2,1-2H3,(H,11,12). The molecule has 0 saturated heterocycles. The summed E-state index contributed by atoms with van der Waals surface area (Å²) in [5.74, 6) is -0.0957. The van der Waals surface area contributed by atoms with Gasteiger partial charge in [-0.15, -0.1) is 23.1 Å². The molecule has 78 valence electrons. The van der Waals surface area contributed by atoms with Crippen LogP contribution in [0.4, 0.5) is 0 Å². The minimum absolute atomic E-state index is 0.691. The summed E-state index contributed by atoms with van der Waals surface area (Å²) in [6.07, 6.45) is 0. The lowest BCUT2D eigenvalue weighted by Crippen LogP contribution is -2.27. The highest BCUT2D eigenvalue weighted by Crippen LogP contribution is 2.32. The minimum Gasteiger partial charge on any atom is -0.480 e. The van der Waals surface area contributed by atoms with Crippen molar-refractivity contribution in [2.45, 2.75) is 24.3 Å². The van der Waals surface area contributed by atoms with Crippen molar-refractivity contribution in [3.05, 3.63) is 21.3 Å². The lowest BCUT2D eigenvalue weighted by atomic mass is 10.2. The smallest absolute Gasteiger partial charge is 0.319 e. The molecule has 0 spiro atoms. The molecule has 0 bridgehead atoms. The second-order valence-corrected chi connectivity index (χ2v) is 6.71. The Labute approximate surface area is 96.3 Å². The zero-order valence-electron chi connectivity index (χ0n) is 7.91. The summed E-state index contributed by atoms with van der Waals surface area (Å²) in [6.45, 7) is 3.41. The predicted octanol–water partition coefficient (Wildman–Crippen LogP) is 3.50. The average Bonchev–Trinajstić information content (AvgIpc) is 2.48. The molecule has 0 radical (unpaired) electrons. The third-order valence-corrected chi connectivity index (χ3v) is 4.48. The van der Waals surface area contributed by atoms with Gasteiger partial charge in [0.1, 0.15) is 4.75 Å². The van der Waals surface area contributed by atoms with Crippen molar-refractivity contribution in [3.8, 4) is 0 Å². The lowest BCUT2D eigenvalue weighted by Gasteiger charge is -2.17. The minimum atomic E-state index is -0.787. The van der Waals surface area contributed by atoms with Gasteiger partial charge < -0.3 is 5.11 Å². The van der Waals surface area contributed by atoms with Gasteiger partial charge in [-0.05, 0) is 26.0 Å². The number of hydrogen-bond donors (Lipinski definition) is 1. The third kappa shape index (κ3) is 3.19. The third-order valence-electron chi connectivity index (χ3n) is 1.72. The number of carboxylic acid groups (broad SMARTS) is 1. The Hall–Kier alpha value is -0.190. The molecule has 0 aliphatic heterocycles. The Kier molecular flexibility index (Phi) is 3.86. The van der Waals surface area contributed by atoms with Gasteiger partial charge in [0.25, 0.3) is 0 Å². The SMILES string of the molecule is CC(C)(SCc1ccc(Cl)s1)C(=O)O. The number of thioether (sulfide) groups is 1. The molecule has 0 amide bonds. The van der Waals surface area contributed by atoms with E-state index in [1.54, 1.807) is 13.8 Å². The molecule has 14 heavy (non-hydrogen) atoms. The largest absolute Gasteiger partial charge is 0.480 e. The first-order valence-electron chi connectivity index (χ1n) is 4.03. The highest BCUT2D eigenvalue weighted by molar-refractivity contribution is 8.00. The molecule has 0 aliphatic carbocycles. The summed E-state index contributed by atoms with van der Waals surface area (Å²) < 4.78 is 0.00458. The number of halogens is 1. The van der Waals surface area contributed by atoms with Crippen molar-refractivity contribution >= 4 is 40.7 Å². The van der Waals surface area contributed by atoms with Gasteiger partial charge in [-0.2, -0.15) is 0 Å². The van der Waals surface area contributed by atoms with Crippen molar-refractivity contribution < 1.29 is 9.90 Å². The summed E-state index contributed by atoms with van der Waals surface area (Å²) in [5.41, 5.74) is 0. The number of aliphatic carboxylic acids is 1. The normalized spacial score (nSPS) is 11.6.